The number of aryl methyl sites for hydroxylation is 2. The van der Waals surface area contributed by atoms with E-state index in [0.717, 1.165) is 55.2 Å². The van der Waals surface area contributed by atoms with Crippen LogP contribution in [-0.4, -0.2) is 123 Å². The Morgan fingerprint density at radius 3 is 2.37 bits per heavy atom. The highest BCUT2D eigenvalue weighted by molar-refractivity contribution is 5.88. The number of rotatable bonds is 14. The molecule has 0 bridgehead atoms. The Morgan fingerprint density at radius 1 is 1.00 bits per heavy atom. The highest BCUT2D eigenvalue weighted by Crippen LogP contribution is 2.34. The molecule has 3 aliphatic rings. The van der Waals surface area contributed by atoms with Crippen LogP contribution in [0.5, 0.6) is 0 Å². The van der Waals surface area contributed by atoms with E-state index in [9.17, 15) is 24.3 Å². The summed E-state index contributed by atoms with van der Waals surface area (Å²) < 4.78 is 21.3. The molecule has 0 aliphatic carbocycles. The van der Waals surface area contributed by atoms with Gasteiger partial charge in [-0.2, -0.15) is 0 Å². The number of aromatic nitrogens is 1. The van der Waals surface area contributed by atoms with E-state index in [4.69, 9.17) is 30.1 Å². The largest absolute Gasteiger partial charge is 0.481 e. The standard InChI is InChI=1S/C28H37FN4O3.C6H8O7/c29-28(9-8-24-7-6-21-4-2-11-30-27(21)31-24)10-12-32(20-28)19-23(18-26(34)35)22-3-1-5-25(17-22)33-13-15-36-16-14-33;7-3(8)1-6(13,5(11)12)2-4(9)10/h1,3,5-7,17,23H,2,4,8-16,18-20H2,(H,30,31)(H,34,35);13H,1-2H2,(H,7,8)(H,9,10)(H,11,12)/t23?,28-;/m0./s1. The van der Waals surface area contributed by atoms with Gasteiger partial charge in [-0.1, -0.05) is 18.2 Å². The van der Waals surface area contributed by atoms with Crippen LogP contribution >= 0.6 is 0 Å². The number of morpholine rings is 1. The molecule has 1 unspecified atom stereocenters. The Bertz CT molecular complexity index is 1470. The molecule has 1 aromatic heterocycles. The van der Waals surface area contributed by atoms with Crippen LogP contribution in [0.3, 0.4) is 0 Å². The van der Waals surface area contributed by atoms with Crippen LogP contribution in [0.2, 0.25) is 0 Å². The number of aliphatic hydroxyl groups is 1. The molecule has 4 heterocycles. The normalized spacial score (nSPS) is 19.9. The minimum absolute atomic E-state index is 0.0361. The summed E-state index contributed by atoms with van der Waals surface area (Å²) in [4.78, 5) is 51.3. The van der Waals surface area contributed by atoms with Crippen LogP contribution in [-0.2, 0) is 36.8 Å². The third kappa shape index (κ3) is 11.1. The van der Waals surface area contributed by atoms with E-state index < -0.39 is 48.0 Å². The molecule has 0 spiro atoms. The summed E-state index contributed by atoms with van der Waals surface area (Å²) in [5, 5.41) is 46.8. The molecule has 49 heavy (non-hydrogen) atoms. The average molecular weight is 689 g/mol. The molecule has 268 valence electrons. The van der Waals surface area contributed by atoms with Crippen LogP contribution in [0.25, 0.3) is 0 Å². The minimum Gasteiger partial charge on any atom is -0.481 e. The van der Waals surface area contributed by atoms with Crippen molar-refractivity contribution in [1.82, 2.24) is 9.88 Å². The average Bonchev–Trinajstić information content (AvgIpc) is 3.43. The minimum atomic E-state index is -2.74. The maximum atomic E-state index is 15.8. The monoisotopic (exact) mass is 688 g/mol. The van der Waals surface area contributed by atoms with Gasteiger partial charge in [-0.3, -0.25) is 19.3 Å². The van der Waals surface area contributed by atoms with Crippen molar-refractivity contribution < 1.29 is 53.8 Å². The number of alkyl halides is 1. The SMILES string of the molecule is O=C(O)CC(CN1CC[C@@](F)(CCc2ccc3c(n2)NCCC3)C1)c1cccc(N2CCOCC2)c1.O=C(O)CC(O)(CC(=O)O)C(=O)O. The first-order valence-corrected chi connectivity index (χ1v) is 16.4. The summed E-state index contributed by atoms with van der Waals surface area (Å²) in [5.74, 6) is -5.07. The quantitative estimate of drug-likeness (QED) is 0.169. The summed E-state index contributed by atoms with van der Waals surface area (Å²) in [6.45, 7) is 5.55. The highest BCUT2D eigenvalue weighted by Gasteiger charge is 2.41. The van der Waals surface area contributed by atoms with Crippen molar-refractivity contribution in [3.63, 3.8) is 0 Å². The molecule has 2 saturated heterocycles. The van der Waals surface area contributed by atoms with E-state index in [0.29, 0.717) is 52.1 Å². The molecule has 1 aromatic carbocycles. The van der Waals surface area contributed by atoms with Gasteiger partial charge in [0.05, 0.1) is 32.5 Å². The highest BCUT2D eigenvalue weighted by atomic mass is 19.1. The number of carboxylic acids is 4. The third-order valence-electron chi connectivity index (χ3n) is 9.07. The van der Waals surface area contributed by atoms with Gasteiger partial charge < -0.3 is 40.5 Å². The van der Waals surface area contributed by atoms with E-state index in [1.807, 2.05) is 18.2 Å². The fourth-order valence-corrected chi connectivity index (χ4v) is 6.46. The van der Waals surface area contributed by atoms with Gasteiger partial charge in [0.15, 0.2) is 5.60 Å². The molecule has 6 N–H and O–H groups in total. The number of aliphatic carboxylic acids is 4. The van der Waals surface area contributed by atoms with E-state index >= 15 is 4.39 Å². The molecule has 15 heteroatoms. The number of hydrogen-bond donors (Lipinski definition) is 6. The lowest BCUT2D eigenvalue weighted by atomic mass is 9.94. The van der Waals surface area contributed by atoms with Gasteiger partial charge in [0, 0.05) is 56.6 Å². The molecule has 14 nitrogen and oxygen atoms in total. The van der Waals surface area contributed by atoms with Crippen molar-refractivity contribution in [2.45, 2.75) is 68.6 Å². The Labute approximate surface area is 283 Å². The fraction of sp³-hybridized carbons (Fsp3) is 0.559. The van der Waals surface area contributed by atoms with Gasteiger partial charge in [-0.25, -0.2) is 14.2 Å². The molecular weight excluding hydrogens is 643 g/mol. The molecular formula is C34H45FN4O10. The van der Waals surface area contributed by atoms with E-state index in [2.05, 4.69) is 33.3 Å². The molecule has 0 amide bonds. The van der Waals surface area contributed by atoms with Crippen LogP contribution in [0.15, 0.2) is 36.4 Å². The zero-order chi connectivity index (χ0) is 35.6. The van der Waals surface area contributed by atoms with E-state index in [1.165, 1.54) is 5.56 Å². The van der Waals surface area contributed by atoms with Crippen molar-refractivity contribution in [2.75, 3.05) is 62.7 Å². The smallest absolute Gasteiger partial charge is 0.336 e. The van der Waals surface area contributed by atoms with Crippen molar-refractivity contribution >= 4 is 35.4 Å². The van der Waals surface area contributed by atoms with Gasteiger partial charge in [-0.15, -0.1) is 0 Å². The second-order valence-corrected chi connectivity index (χ2v) is 12.9. The summed E-state index contributed by atoms with van der Waals surface area (Å²) in [7, 11) is 0. The zero-order valence-electron chi connectivity index (χ0n) is 27.4. The molecule has 3 aliphatic heterocycles. The van der Waals surface area contributed by atoms with Crippen molar-refractivity contribution in [2.24, 2.45) is 0 Å². The molecule has 2 atom stereocenters. The lowest BCUT2D eigenvalue weighted by Crippen LogP contribution is -2.42. The predicted octanol–water partition coefficient (Wildman–Crippen LogP) is 2.63. The van der Waals surface area contributed by atoms with Crippen LogP contribution in [0.1, 0.15) is 61.3 Å². The number of likely N-dealkylation sites (tertiary alicyclic amines) is 1. The number of hydrogen-bond acceptors (Lipinski definition) is 10. The van der Waals surface area contributed by atoms with Crippen molar-refractivity contribution in [1.29, 1.82) is 0 Å². The van der Waals surface area contributed by atoms with Gasteiger partial charge in [0.25, 0.3) is 0 Å². The summed E-state index contributed by atoms with van der Waals surface area (Å²) in [6.07, 6.45) is 1.44. The number of pyridine rings is 1. The lowest BCUT2D eigenvalue weighted by molar-refractivity contribution is -0.170. The Hall–Kier alpha value is -4.34. The molecule has 2 aromatic rings. The van der Waals surface area contributed by atoms with Crippen molar-refractivity contribution in [3.05, 3.63) is 53.2 Å². The number of fused-ring (bicyclic) bond motifs is 1. The number of carboxylic acid groups (broad SMARTS) is 4. The number of halogens is 1. The van der Waals surface area contributed by atoms with Gasteiger partial charge >= 0.3 is 23.9 Å². The van der Waals surface area contributed by atoms with E-state index in [1.54, 1.807) is 0 Å². The maximum absolute atomic E-state index is 15.8. The first-order valence-electron chi connectivity index (χ1n) is 16.4. The first-order chi connectivity index (χ1) is 23.2. The number of ether oxygens (including phenoxy) is 1. The van der Waals surface area contributed by atoms with Crippen LogP contribution in [0.4, 0.5) is 15.9 Å². The molecule has 0 radical (unpaired) electrons. The Morgan fingerprint density at radius 2 is 1.71 bits per heavy atom. The number of carbonyl (C=O) groups is 4. The van der Waals surface area contributed by atoms with Crippen LogP contribution < -0.4 is 10.2 Å². The number of nitrogens with one attached hydrogen (secondary N) is 1. The van der Waals surface area contributed by atoms with Gasteiger partial charge in [0.1, 0.15) is 11.5 Å². The van der Waals surface area contributed by atoms with Crippen LogP contribution in [0, 0.1) is 0 Å². The van der Waals surface area contributed by atoms with Gasteiger partial charge in [-0.05, 0) is 61.4 Å². The fourth-order valence-electron chi connectivity index (χ4n) is 6.46. The number of benzene rings is 1. The number of anilines is 2. The Kier molecular flexibility index (Phi) is 12.9. The predicted molar refractivity (Wildman–Crippen MR) is 176 cm³/mol. The third-order valence-corrected chi connectivity index (χ3v) is 9.07. The second kappa shape index (κ2) is 16.9. The Balaban J connectivity index is 0.000000355. The van der Waals surface area contributed by atoms with Gasteiger partial charge in [0.2, 0.25) is 0 Å². The summed E-state index contributed by atoms with van der Waals surface area (Å²) in [6, 6.07) is 12.3. The summed E-state index contributed by atoms with van der Waals surface area (Å²) >= 11 is 0. The lowest BCUT2D eigenvalue weighted by Gasteiger charge is -2.30. The topological polar surface area (TPSA) is 210 Å². The molecule has 0 saturated carbocycles. The number of nitrogens with zero attached hydrogens (tertiary/aromatic N) is 3. The zero-order valence-corrected chi connectivity index (χ0v) is 27.4. The van der Waals surface area contributed by atoms with Crippen molar-refractivity contribution in [3.8, 4) is 0 Å². The summed E-state index contributed by atoms with van der Waals surface area (Å²) in [5.41, 5.74) is 0.269. The maximum Gasteiger partial charge on any atom is 0.336 e. The molecule has 5 rings (SSSR count). The first kappa shape index (κ1) is 37.5. The van der Waals surface area contributed by atoms with E-state index in [-0.39, 0.29) is 12.3 Å². The second-order valence-electron chi connectivity index (χ2n) is 12.9. The molecule has 2 fully saturated rings.